The lowest BCUT2D eigenvalue weighted by atomic mass is 10.2. The molecule has 0 aliphatic heterocycles. The van der Waals surface area contributed by atoms with Crippen molar-refractivity contribution in [1.29, 1.82) is 0 Å². The highest BCUT2D eigenvalue weighted by Gasteiger charge is 2.12. The predicted molar refractivity (Wildman–Crippen MR) is 73.1 cm³/mol. The van der Waals surface area contributed by atoms with E-state index < -0.39 is 5.97 Å². The van der Waals surface area contributed by atoms with Crippen molar-refractivity contribution in [1.82, 2.24) is 4.57 Å². The molecule has 2 aromatic rings. The number of nitrogens with zero attached hydrogens (tertiary/aromatic N) is 1. The summed E-state index contributed by atoms with van der Waals surface area (Å²) in [4.78, 5) is 10.8. The number of aliphatic carboxylic acids is 1. The maximum absolute atomic E-state index is 10.8. The molecule has 0 saturated heterocycles. The van der Waals surface area contributed by atoms with Crippen LogP contribution in [0.2, 0.25) is 0 Å². The Bertz CT molecular complexity index is 597. The van der Waals surface area contributed by atoms with Crippen molar-refractivity contribution < 1.29 is 14.6 Å². The van der Waals surface area contributed by atoms with Crippen molar-refractivity contribution in [2.45, 2.75) is 20.3 Å². The molecular weight excluding hydrogens is 242 g/mol. The first kappa shape index (κ1) is 13.2. The molecule has 0 atom stereocenters. The highest BCUT2D eigenvalue weighted by atomic mass is 16.5. The number of carbonyl (C=O) groups is 1. The van der Waals surface area contributed by atoms with Gasteiger partial charge in [-0.25, -0.2) is 0 Å². The Labute approximate surface area is 112 Å². The van der Waals surface area contributed by atoms with Crippen molar-refractivity contribution in [3.05, 3.63) is 47.3 Å². The second-order valence-electron chi connectivity index (χ2n) is 4.50. The lowest BCUT2D eigenvalue weighted by molar-refractivity contribution is -0.136. The van der Waals surface area contributed by atoms with Gasteiger partial charge in [-0.15, -0.1) is 0 Å². The molecule has 100 valence electrons. The second kappa shape index (κ2) is 5.18. The molecule has 0 amide bonds. The topological polar surface area (TPSA) is 51.5 Å². The molecule has 2 rings (SSSR count). The molecule has 19 heavy (non-hydrogen) atoms. The van der Waals surface area contributed by atoms with Crippen LogP contribution in [0.5, 0.6) is 5.75 Å². The number of methoxy groups -OCH3 is 1. The first-order valence-electron chi connectivity index (χ1n) is 6.07. The monoisotopic (exact) mass is 259 g/mol. The van der Waals surface area contributed by atoms with Crippen LogP contribution in [0.25, 0.3) is 5.69 Å². The Morgan fingerprint density at radius 2 is 1.89 bits per heavy atom. The maximum Gasteiger partial charge on any atom is 0.307 e. The van der Waals surface area contributed by atoms with Gasteiger partial charge in [-0.1, -0.05) is 0 Å². The van der Waals surface area contributed by atoms with Gasteiger partial charge in [0.15, 0.2) is 0 Å². The molecule has 1 aromatic heterocycles. The van der Waals surface area contributed by atoms with Crippen LogP contribution in [0.3, 0.4) is 0 Å². The molecule has 0 saturated carbocycles. The summed E-state index contributed by atoms with van der Waals surface area (Å²) < 4.78 is 7.19. The summed E-state index contributed by atoms with van der Waals surface area (Å²) in [6, 6.07) is 9.64. The first-order chi connectivity index (χ1) is 9.02. The van der Waals surface area contributed by atoms with E-state index in [0.29, 0.717) is 0 Å². The molecule has 1 aromatic carbocycles. The fraction of sp³-hybridized carbons (Fsp3) is 0.267. The van der Waals surface area contributed by atoms with E-state index in [-0.39, 0.29) is 6.42 Å². The van der Waals surface area contributed by atoms with Crippen molar-refractivity contribution in [2.75, 3.05) is 7.11 Å². The molecule has 1 N–H and O–H groups in total. The van der Waals surface area contributed by atoms with E-state index in [9.17, 15) is 4.79 Å². The van der Waals surface area contributed by atoms with Gasteiger partial charge in [0, 0.05) is 17.1 Å². The lowest BCUT2D eigenvalue weighted by Gasteiger charge is -2.10. The summed E-state index contributed by atoms with van der Waals surface area (Å²) in [5.41, 5.74) is 3.84. The fourth-order valence-electron chi connectivity index (χ4n) is 2.30. The summed E-state index contributed by atoms with van der Waals surface area (Å²) in [5, 5.41) is 8.90. The van der Waals surface area contributed by atoms with Crippen LogP contribution in [0.15, 0.2) is 30.3 Å². The number of hydrogen-bond acceptors (Lipinski definition) is 2. The van der Waals surface area contributed by atoms with Crippen LogP contribution in [0.1, 0.15) is 17.0 Å². The van der Waals surface area contributed by atoms with Gasteiger partial charge in [-0.2, -0.15) is 0 Å². The van der Waals surface area contributed by atoms with Gasteiger partial charge in [0.1, 0.15) is 5.75 Å². The average Bonchev–Trinajstić information content (AvgIpc) is 2.64. The number of ether oxygens (including phenoxy) is 1. The van der Waals surface area contributed by atoms with Gasteiger partial charge >= 0.3 is 5.97 Å². The number of carboxylic acid groups (broad SMARTS) is 1. The van der Waals surface area contributed by atoms with Gasteiger partial charge in [0.2, 0.25) is 0 Å². The van der Waals surface area contributed by atoms with Crippen molar-refractivity contribution in [2.24, 2.45) is 0 Å². The third-order valence-corrected chi connectivity index (χ3v) is 3.21. The molecular formula is C15H17NO3. The van der Waals surface area contributed by atoms with E-state index in [4.69, 9.17) is 9.84 Å². The quantitative estimate of drug-likeness (QED) is 0.918. The minimum absolute atomic E-state index is 0.0514. The molecule has 4 nitrogen and oxygen atoms in total. The second-order valence-corrected chi connectivity index (χ2v) is 4.50. The SMILES string of the molecule is COc1ccc(-n2c(C)cc(CC(=O)O)c2C)cc1. The first-order valence-corrected chi connectivity index (χ1v) is 6.07. The third-order valence-electron chi connectivity index (χ3n) is 3.21. The maximum atomic E-state index is 10.8. The molecule has 0 radical (unpaired) electrons. The number of benzene rings is 1. The molecule has 4 heteroatoms. The Hall–Kier alpha value is -2.23. The van der Waals surface area contributed by atoms with Crippen LogP contribution in [-0.2, 0) is 11.2 Å². The van der Waals surface area contributed by atoms with E-state index in [1.807, 2.05) is 44.2 Å². The zero-order valence-electron chi connectivity index (χ0n) is 11.3. The minimum Gasteiger partial charge on any atom is -0.497 e. The summed E-state index contributed by atoms with van der Waals surface area (Å²) in [5.74, 6) is -0.00745. The van der Waals surface area contributed by atoms with Crippen molar-refractivity contribution >= 4 is 5.97 Å². The predicted octanol–water partition coefficient (Wildman–Crippen LogP) is 2.73. The van der Waals surface area contributed by atoms with Crippen LogP contribution in [0.4, 0.5) is 0 Å². The van der Waals surface area contributed by atoms with E-state index in [0.717, 1.165) is 28.4 Å². The molecule has 0 aliphatic carbocycles. The Kier molecular flexibility index (Phi) is 3.60. The normalized spacial score (nSPS) is 10.5. The van der Waals surface area contributed by atoms with Gasteiger partial charge in [-0.05, 0) is 49.7 Å². The smallest absolute Gasteiger partial charge is 0.307 e. The Balaban J connectivity index is 2.43. The Morgan fingerprint density at radius 3 is 2.42 bits per heavy atom. The van der Waals surface area contributed by atoms with Crippen LogP contribution >= 0.6 is 0 Å². The van der Waals surface area contributed by atoms with Gasteiger partial charge in [-0.3, -0.25) is 4.79 Å². The summed E-state index contributed by atoms with van der Waals surface area (Å²) >= 11 is 0. The summed E-state index contributed by atoms with van der Waals surface area (Å²) in [6.45, 7) is 3.91. The molecule has 0 bridgehead atoms. The zero-order valence-corrected chi connectivity index (χ0v) is 11.3. The van der Waals surface area contributed by atoms with Gasteiger partial charge in [0.25, 0.3) is 0 Å². The van der Waals surface area contributed by atoms with Crippen molar-refractivity contribution in [3.8, 4) is 11.4 Å². The zero-order chi connectivity index (χ0) is 14.0. The number of hydrogen-bond donors (Lipinski definition) is 1. The molecule has 0 unspecified atom stereocenters. The van der Waals surface area contributed by atoms with Crippen LogP contribution in [0, 0.1) is 13.8 Å². The number of rotatable bonds is 4. The number of aryl methyl sites for hydroxylation is 1. The molecule has 1 heterocycles. The van der Waals surface area contributed by atoms with Gasteiger partial charge < -0.3 is 14.4 Å². The van der Waals surface area contributed by atoms with Crippen LogP contribution in [-0.4, -0.2) is 22.8 Å². The Morgan fingerprint density at radius 1 is 1.26 bits per heavy atom. The lowest BCUT2D eigenvalue weighted by Crippen LogP contribution is -2.03. The minimum atomic E-state index is -0.810. The van der Waals surface area contributed by atoms with E-state index in [1.165, 1.54) is 0 Å². The number of aromatic nitrogens is 1. The van der Waals surface area contributed by atoms with Gasteiger partial charge in [0.05, 0.1) is 13.5 Å². The average molecular weight is 259 g/mol. The standard InChI is InChI=1S/C15H17NO3/c1-10-8-12(9-15(17)18)11(2)16(10)13-4-6-14(19-3)7-5-13/h4-8H,9H2,1-3H3,(H,17,18). The summed E-state index contributed by atoms with van der Waals surface area (Å²) in [6.07, 6.45) is 0.0514. The highest BCUT2D eigenvalue weighted by molar-refractivity contribution is 5.71. The summed E-state index contributed by atoms with van der Waals surface area (Å²) in [7, 11) is 1.63. The fourth-order valence-corrected chi connectivity index (χ4v) is 2.30. The largest absolute Gasteiger partial charge is 0.497 e. The van der Waals surface area contributed by atoms with E-state index in [1.54, 1.807) is 7.11 Å². The van der Waals surface area contributed by atoms with E-state index >= 15 is 0 Å². The third kappa shape index (κ3) is 2.62. The molecule has 0 spiro atoms. The van der Waals surface area contributed by atoms with Crippen LogP contribution < -0.4 is 4.74 Å². The number of carboxylic acids is 1. The van der Waals surface area contributed by atoms with E-state index in [2.05, 4.69) is 4.57 Å². The molecule has 0 aliphatic rings. The highest BCUT2D eigenvalue weighted by Crippen LogP contribution is 2.23. The van der Waals surface area contributed by atoms with Crippen molar-refractivity contribution in [3.63, 3.8) is 0 Å². The molecule has 0 fully saturated rings.